The lowest BCUT2D eigenvalue weighted by molar-refractivity contribution is 0.585. The van der Waals surface area contributed by atoms with Gasteiger partial charge in [-0.05, 0) is 26.0 Å². The number of nitrogens with one attached hydrogen (secondary N) is 1. The minimum atomic E-state index is -3.80. The highest BCUT2D eigenvalue weighted by molar-refractivity contribution is 7.89. The summed E-state index contributed by atoms with van der Waals surface area (Å²) < 4.78 is 39.2. The Morgan fingerprint density at radius 3 is 2.67 bits per heavy atom. The highest BCUT2D eigenvalue weighted by Crippen LogP contribution is 2.26. The van der Waals surface area contributed by atoms with Crippen molar-refractivity contribution in [2.45, 2.75) is 18.7 Å². The Kier molecular flexibility index (Phi) is 4.72. The third kappa shape index (κ3) is 3.69. The lowest BCUT2D eigenvalue weighted by atomic mass is 10.3. The van der Waals surface area contributed by atoms with Crippen molar-refractivity contribution in [3.05, 3.63) is 34.6 Å². The van der Waals surface area contributed by atoms with Crippen LogP contribution in [0.2, 0.25) is 5.02 Å². The van der Waals surface area contributed by atoms with Crippen molar-refractivity contribution in [1.29, 1.82) is 0 Å². The van der Waals surface area contributed by atoms with Crippen LogP contribution in [0.4, 0.5) is 10.1 Å². The topological polar surface area (TPSA) is 72.2 Å². The largest absolute Gasteiger partial charge is 0.396 e. The molecule has 3 N–H and O–H groups in total. The van der Waals surface area contributed by atoms with Gasteiger partial charge in [0.1, 0.15) is 10.7 Å². The van der Waals surface area contributed by atoms with E-state index in [4.69, 9.17) is 17.3 Å². The van der Waals surface area contributed by atoms with Gasteiger partial charge in [0.15, 0.2) is 0 Å². The van der Waals surface area contributed by atoms with E-state index in [-0.39, 0.29) is 22.2 Å². The molecule has 0 amide bonds. The van der Waals surface area contributed by atoms with Gasteiger partial charge in [-0.3, -0.25) is 0 Å². The Morgan fingerprint density at radius 2 is 2.11 bits per heavy atom. The lowest BCUT2D eigenvalue weighted by Gasteiger charge is -2.08. The van der Waals surface area contributed by atoms with Gasteiger partial charge >= 0.3 is 0 Å². The first-order valence-electron chi connectivity index (χ1n) is 5.11. The van der Waals surface area contributed by atoms with E-state index in [0.29, 0.717) is 0 Å². The summed E-state index contributed by atoms with van der Waals surface area (Å²) in [5.74, 6) is -0.747. The maximum absolute atomic E-state index is 13.1. The third-order valence-corrected chi connectivity index (χ3v) is 4.01. The average molecular weight is 293 g/mol. The van der Waals surface area contributed by atoms with E-state index in [1.165, 1.54) is 0 Å². The summed E-state index contributed by atoms with van der Waals surface area (Å²) in [7, 11) is -3.80. The van der Waals surface area contributed by atoms with Gasteiger partial charge in [0.05, 0.1) is 10.7 Å². The van der Waals surface area contributed by atoms with Crippen molar-refractivity contribution >= 4 is 27.3 Å². The standard InChI is InChI=1S/C11H14ClFN2O2S/c1-7(2)3-4-15-18(16,17)11-6-10(14)9(13)5-8(11)12/h3,5-6,15H,4,14H2,1-2H3. The quantitative estimate of drug-likeness (QED) is 0.661. The van der Waals surface area contributed by atoms with E-state index >= 15 is 0 Å². The minimum absolute atomic E-state index is 0.137. The molecule has 1 rings (SSSR count). The van der Waals surface area contributed by atoms with Crippen LogP contribution >= 0.6 is 11.6 Å². The fourth-order valence-electron chi connectivity index (χ4n) is 1.18. The van der Waals surface area contributed by atoms with Crippen molar-refractivity contribution < 1.29 is 12.8 Å². The van der Waals surface area contributed by atoms with Crippen molar-refractivity contribution in [1.82, 2.24) is 4.72 Å². The van der Waals surface area contributed by atoms with Crippen molar-refractivity contribution in [3.8, 4) is 0 Å². The molecule has 0 aromatic heterocycles. The number of halogens is 2. The summed E-state index contributed by atoms with van der Waals surface area (Å²) >= 11 is 5.70. The van der Waals surface area contributed by atoms with Gasteiger partial charge in [0.25, 0.3) is 0 Å². The number of hydrogen-bond donors (Lipinski definition) is 2. The molecule has 100 valence electrons. The smallest absolute Gasteiger partial charge is 0.242 e. The predicted octanol–water partition coefficient (Wildman–Crippen LogP) is 2.31. The monoisotopic (exact) mass is 292 g/mol. The number of nitrogen functional groups attached to an aromatic ring is 1. The maximum Gasteiger partial charge on any atom is 0.242 e. The summed E-state index contributed by atoms with van der Waals surface area (Å²) in [5, 5.41) is -0.202. The average Bonchev–Trinajstić information content (AvgIpc) is 2.22. The second-order valence-corrected chi connectivity index (χ2v) is 6.08. The first kappa shape index (κ1) is 14.9. The summed E-state index contributed by atoms with van der Waals surface area (Å²) in [6, 6.07) is 1.88. The fraction of sp³-hybridized carbons (Fsp3) is 0.273. The molecule has 0 aliphatic heterocycles. The summed E-state index contributed by atoms with van der Waals surface area (Å²) in [4.78, 5) is -0.231. The Morgan fingerprint density at radius 1 is 1.50 bits per heavy atom. The normalized spacial score (nSPS) is 11.3. The molecule has 0 saturated heterocycles. The highest BCUT2D eigenvalue weighted by Gasteiger charge is 2.19. The maximum atomic E-state index is 13.1. The van der Waals surface area contributed by atoms with Gasteiger partial charge < -0.3 is 5.73 Å². The molecule has 0 aliphatic rings. The second-order valence-electron chi connectivity index (χ2n) is 3.94. The summed E-state index contributed by atoms with van der Waals surface area (Å²) in [6.07, 6.45) is 1.71. The first-order valence-corrected chi connectivity index (χ1v) is 6.97. The Bertz CT molecular complexity index is 581. The van der Waals surface area contributed by atoms with E-state index in [9.17, 15) is 12.8 Å². The molecule has 1 aromatic carbocycles. The van der Waals surface area contributed by atoms with E-state index in [0.717, 1.165) is 17.7 Å². The number of allylic oxidation sites excluding steroid dienone is 1. The molecule has 4 nitrogen and oxygen atoms in total. The molecule has 1 aromatic rings. The van der Waals surface area contributed by atoms with Crippen LogP contribution in [0.5, 0.6) is 0 Å². The molecule has 0 bridgehead atoms. The zero-order chi connectivity index (χ0) is 13.9. The van der Waals surface area contributed by atoms with Gasteiger partial charge in [0.2, 0.25) is 10.0 Å². The van der Waals surface area contributed by atoms with Crippen LogP contribution in [0, 0.1) is 5.82 Å². The van der Waals surface area contributed by atoms with Crippen LogP contribution in [-0.4, -0.2) is 15.0 Å². The lowest BCUT2D eigenvalue weighted by Crippen LogP contribution is -2.24. The molecular formula is C11H14ClFN2O2S. The zero-order valence-electron chi connectivity index (χ0n) is 10.00. The van der Waals surface area contributed by atoms with E-state index in [1.807, 2.05) is 13.8 Å². The number of anilines is 1. The third-order valence-electron chi connectivity index (χ3n) is 2.12. The molecule has 0 aliphatic carbocycles. The molecule has 0 radical (unpaired) electrons. The van der Waals surface area contributed by atoms with Gasteiger partial charge in [-0.1, -0.05) is 23.3 Å². The van der Waals surface area contributed by atoms with Crippen LogP contribution in [0.15, 0.2) is 28.7 Å². The minimum Gasteiger partial charge on any atom is -0.396 e. The first-order chi connectivity index (χ1) is 8.24. The number of hydrogen-bond acceptors (Lipinski definition) is 3. The van der Waals surface area contributed by atoms with Crippen LogP contribution in [0.25, 0.3) is 0 Å². The summed E-state index contributed by atoms with van der Waals surface area (Å²) in [6.45, 7) is 3.83. The Hall–Kier alpha value is -1.11. The molecule has 0 atom stereocenters. The molecule has 0 fully saturated rings. The SMILES string of the molecule is CC(C)=CCNS(=O)(=O)c1cc(N)c(F)cc1Cl. The molecule has 0 heterocycles. The van der Waals surface area contributed by atoms with Crippen molar-refractivity contribution in [2.24, 2.45) is 0 Å². The van der Waals surface area contributed by atoms with Crippen molar-refractivity contribution in [3.63, 3.8) is 0 Å². The predicted molar refractivity (Wildman–Crippen MR) is 70.4 cm³/mol. The number of nitrogens with two attached hydrogens (primary N) is 1. The van der Waals surface area contributed by atoms with Gasteiger partial charge in [0, 0.05) is 6.54 Å². The Labute approximate surface area is 111 Å². The van der Waals surface area contributed by atoms with E-state index in [1.54, 1.807) is 6.08 Å². The fourth-order valence-corrected chi connectivity index (χ4v) is 2.70. The number of benzene rings is 1. The molecular weight excluding hydrogens is 279 g/mol. The van der Waals surface area contributed by atoms with Gasteiger partial charge in [-0.25, -0.2) is 17.5 Å². The summed E-state index contributed by atoms with van der Waals surface area (Å²) in [5.41, 5.74) is 6.04. The zero-order valence-corrected chi connectivity index (χ0v) is 11.6. The number of rotatable bonds is 4. The van der Waals surface area contributed by atoms with Crippen LogP contribution in [0.3, 0.4) is 0 Å². The second kappa shape index (κ2) is 5.69. The molecule has 7 heteroatoms. The van der Waals surface area contributed by atoms with E-state index < -0.39 is 15.8 Å². The van der Waals surface area contributed by atoms with Gasteiger partial charge in [-0.2, -0.15) is 0 Å². The number of sulfonamides is 1. The van der Waals surface area contributed by atoms with E-state index in [2.05, 4.69) is 4.72 Å². The molecule has 0 saturated carbocycles. The Balaban J connectivity index is 3.06. The molecule has 0 spiro atoms. The molecule has 0 unspecified atom stereocenters. The highest BCUT2D eigenvalue weighted by atomic mass is 35.5. The van der Waals surface area contributed by atoms with Crippen LogP contribution in [0.1, 0.15) is 13.8 Å². The van der Waals surface area contributed by atoms with Gasteiger partial charge in [-0.15, -0.1) is 0 Å². The van der Waals surface area contributed by atoms with Crippen molar-refractivity contribution in [2.75, 3.05) is 12.3 Å². The van der Waals surface area contributed by atoms with Crippen LogP contribution in [-0.2, 0) is 10.0 Å². The molecule has 18 heavy (non-hydrogen) atoms. The van der Waals surface area contributed by atoms with Crippen LogP contribution < -0.4 is 10.5 Å².